The van der Waals surface area contributed by atoms with Crippen molar-refractivity contribution in [3.05, 3.63) is 21.7 Å². The topological polar surface area (TPSA) is 30.5 Å². The molecule has 0 saturated carbocycles. The highest BCUT2D eigenvalue weighted by atomic mass is 79.9. The Bertz CT molecular complexity index is 468. The summed E-state index contributed by atoms with van der Waals surface area (Å²) in [4.78, 5) is 0. The van der Waals surface area contributed by atoms with Crippen molar-refractivity contribution in [2.24, 2.45) is 0 Å². The lowest BCUT2D eigenvalue weighted by Crippen LogP contribution is -2.28. The number of hydrogen-bond acceptors (Lipinski definition) is 3. The van der Waals surface area contributed by atoms with E-state index in [4.69, 9.17) is 9.47 Å². The maximum atomic E-state index is 5.65. The van der Waals surface area contributed by atoms with Gasteiger partial charge in [-0.15, -0.1) is 0 Å². The van der Waals surface area contributed by atoms with E-state index in [9.17, 15) is 0 Å². The van der Waals surface area contributed by atoms with Gasteiger partial charge in [0.15, 0.2) is 0 Å². The number of halogens is 1. The smallest absolute Gasteiger partial charge is 0.140 e. The van der Waals surface area contributed by atoms with Crippen molar-refractivity contribution >= 4 is 15.9 Å². The van der Waals surface area contributed by atoms with Crippen LogP contribution in [0.5, 0.6) is 11.5 Å². The van der Waals surface area contributed by atoms with Crippen molar-refractivity contribution in [3.63, 3.8) is 0 Å². The molecule has 4 heteroatoms. The Morgan fingerprint density at radius 2 is 1.95 bits per heavy atom. The van der Waals surface area contributed by atoms with E-state index in [0.717, 1.165) is 29.1 Å². The molecule has 1 fully saturated rings. The van der Waals surface area contributed by atoms with E-state index in [1.54, 1.807) is 14.2 Å². The first-order chi connectivity index (χ1) is 9.60. The first kappa shape index (κ1) is 15.6. The molecule has 1 heterocycles. The van der Waals surface area contributed by atoms with Crippen molar-refractivity contribution in [2.45, 2.75) is 38.5 Å². The third-order valence-corrected chi connectivity index (χ3v) is 4.72. The van der Waals surface area contributed by atoms with Crippen molar-refractivity contribution in [1.82, 2.24) is 5.32 Å². The van der Waals surface area contributed by atoms with Gasteiger partial charge in [-0.3, -0.25) is 0 Å². The standard InChI is InChI=1S/C16H24BrNO2/c1-10(2)12-8-13(11-6-5-7-18-9-11)16(20-4)14(17)15(12)19-3/h8,10-11,18H,5-7,9H2,1-4H3. The predicted octanol–water partition coefficient (Wildman–Crippen LogP) is 4.06. The molecule has 2 rings (SSSR count). The van der Waals surface area contributed by atoms with Gasteiger partial charge < -0.3 is 14.8 Å². The summed E-state index contributed by atoms with van der Waals surface area (Å²) in [6.45, 7) is 6.53. The summed E-state index contributed by atoms with van der Waals surface area (Å²) in [5.41, 5.74) is 2.52. The van der Waals surface area contributed by atoms with Gasteiger partial charge in [-0.2, -0.15) is 0 Å². The van der Waals surface area contributed by atoms with Gasteiger partial charge >= 0.3 is 0 Å². The second-order valence-electron chi connectivity index (χ2n) is 5.63. The molecule has 0 amide bonds. The Hall–Kier alpha value is -0.740. The minimum absolute atomic E-state index is 0.419. The molecule has 1 aliphatic heterocycles. The van der Waals surface area contributed by atoms with E-state index in [0.29, 0.717) is 11.8 Å². The maximum absolute atomic E-state index is 5.65. The van der Waals surface area contributed by atoms with E-state index in [-0.39, 0.29) is 0 Å². The van der Waals surface area contributed by atoms with Crippen molar-refractivity contribution < 1.29 is 9.47 Å². The fourth-order valence-corrected chi connectivity index (χ4v) is 3.70. The average molecular weight is 342 g/mol. The summed E-state index contributed by atoms with van der Waals surface area (Å²) in [6, 6.07) is 2.27. The van der Waals surface area contributed by atoms with Crippen LogP contribution in [0.15, 0.2) is 10.5 Å². The zero-order valence-electron chi connectivity index (χ0n) is 12.8. The molecular formula is C16H24BrNO2. The molecule has 1 aromatic rings. The van der Waals surface area contributed by atoms with Crippen LogP contribution in [0.4, 0.5) is 0 Å². The summed E-state index contributed by atoms with van der Waals surface area (Å²) in [5.74, 6) is 2.74. The van der Waals surface area contributed by atoms with Gasteiger partial charge in [0.1, 0.15) is 16.0 Å². The fourth-order valence-electron chi connectivity index (χ4n) is 2.92. The van der Waals surface area contributed by atoms with Crippen molar-refractivity contribution in [3.8, 4) is 11.5 Å². The molecule has 0 bridgehead atoms. The third kappa shape index (κ3) is 2.96. The summed E-state index contributed by atoms with van der Waals surface area (Å²) in [6.07, 6.45) is 2.42. The molecule has 1 N–H and O–H groups in total. The number of piperidine rings is 1. The first-order valence-corrected chi connectivity index (χ1v) is 8.04. The Morgan fingerprint density at radius 1 is 1.25 bits per heavy atom. The van der Waals surface area contributed by atoms with Crippen molar-refractivity contribution in [2.75, 3.05) is 27.3 Å². The molecule has 0 spiro atoms. The van der Waals surface area contributed by atoms with Gasteiger partial charge in [-0.05, 0) is 52.9 Å². The van der Waals surface area contributed by atoms with E-state index in [2.05, 4.69) is 41.2 Å². The molecule has 1 aliphatic rings. The molecule has 112 valence electrons. The van der Waals surface area contributed by atoms with Gasteiger partial charge in [0.25, 0.3) is 0 Å². The second-order valence-corrected chi connectivity index (χ2v) is 6.43. The van der Waals surface area contributed by atoms with Gasteiger partial charge in [-0.25, -0.2) is 0 Å². The number of hydrogen-bond donors (Lipinski definition) is 1. The Morgan fingerprint density at radius 3 is 2.45 bits per heavy atom. The largest absolute Gasteiger partial charge is 0.495 e. The Balaban J connectivity index is 2.54. The number of methoxy groups -OCH3 is 2. The lowest BCUT2D eigenvalue weighted by molar-refractivity contribution is 0.372. The number of benzene rings is 1. The van der Waals surface area contributed by atoms with Gasteiger partial charge in [0.2, 0.25) is 0 Å². The monoisotopic (exact) mass is 341 g/mol. The molecule has 1 unspecified atom stereocenters. The second kappa shape index (κ2) is 6.81. The first-order valence-electron chi connectivity index (χ1n) is 7.25. The van der Waals surface area contributed by atoms with Crippen LogP contribution in [0.2, 0.25) is 0 Å². The Kier molecular flexibility index (Phi) is 5.33. The molecule has 1 atom stereocenters. The van der Waals surface area contributed by atoms with Gasteiger partial charge in [-0.1, -0.05) is 13.8 Å². The number of ether oxygens (including phenoxy) is 2. The number of rotatable bonds is 4. The summed E-state index contributed by atoms with van der Waals surface area (Å²) < 4.78 is 12.2. The summed E-state index contributed by atoms with van der Waals surface area (Å²) in [7, 11) is 3.45. The lowest BCUT2D eigenvalue weighted by Gasteiger charge is -2.27. The Labute approximate surface area is 130 Å². The van der Waals surface area contributed by atoms with Crippen molar-refractivity contribution in [1.29, 1.82) is 0 Å². The van der Waals surface area contributed by atoms with Crippen LogP contribution in [0.25, 0.3) is 0 Å². The zero-order valence-corrected chi connectivity index (χ0v) is 14.3. The van der Waals surface area contributed by atoms with E-state index in [1.807, 2.05) is 0 Å². The van der Waals surface area contributed by atoms with Crippen LogP contribution < -0.4 is 14.8 Å². The third-order valence-electron chi connectivity index (χ3n) is 4.00. The quantitative estimate of drug-likeness (QED) is 0.895. The van der Waals surface area contributed by atoms with Crippen LogP contribution in [-0.4, -0.2) is 27.3 Å². The fraction of sp³-hybridized carbons (Fsp3) is 0.625. The van der Waals surface area contributed by atoms with E-state index >= 15 is 0 Å². The predicted molar refractivity (Wildman–Crippen MR) is 86.2 cm³/mol. The molecule has 0 radical (unpaired) electrons. The van der Waals surface area contributed by atoms with Crippen LogP contribution >= 0.6 is 15.9 Å². The van der Waals surface area contributed by atoms with Gasteiger partial charge in [0.05, 0.1) is 14.2 Å². The van der Waals surface area contributed by atoms with E-state index in [1.165, 1.54) is 24.0 Å². The lowest BCUT2D eigenvalue weighted by atomic mass is 9.87. The molecule has 0 aliphatic carbocycles. The molecular weight excluding hydrogens is 318 g/mol. The molecule has 0 aromatic heterocycles. The van der Waals surface area contributed by atoms with Crippen LogP contribution in [-0.2, 0) is 0 Å². The van der Waals surface area contributed by atoms with Gasteiger partial charge in [0, 0.05) is 18.0 Å². The summed E-state index contributed by atoms with van der Waals surface area (Å²) >= 11 is 3.67. The van der Waals surface area contributed by atoms with Crippen LogP contribution in [0.3, 0.4) is 0 Å². The van der Waals surface area contributed by atoms with Crippen LogP contribution in [0.1, 0.15) is 49.7 Å². The minimum Gasteiger partial charge on any atom is -0.495 e. The molecule has 3 nitrogen and oxygen atoms in total. The molecule has 20 heavy (non-hydrogen) atoms. The highest BCUT2D eigenvalue weighted by molar-refractivity contribution is 9.10. The number of nitrogens with one attached hydrogen (secondary N) is 1. The molecule has 1 aromatic carbocycles. The SMILES string of the molecule is COc1c(C(C)C)cc(C2CCCNC2)c(OC)c1Br. The van der Waals surface area contributed by atoms with E-state index < -0.39 is 0 Å². The molecule has 1 saturated heterocycles. The maximum Gasteiger partial charge on any atom is 0.140 e. The highest BCUT2D eigenvalue weighted by Crippen LogP contribution is 2.45. The average Bonchev–Trinajstić information content (AvgIpc) is 2.46. The zero-order chi connectivity index (χ0) is 14.7. The highest BCUT2D eigenvalue weighted by Gasteiger charge is 2.25. The minimum atomic E-state index is 0.419. The summed E-state index contributed by atoms with van der Waals surface area (Å²) in [5, 5.41) is 3.48. The normalized spacial score (nSPS) is 19.2. The van der Waals surface area contributed by atoms with Crippen LogP contribution in [0, 0.1) is 0 Å².